The molecule has 29 heavy (non-hydrogen) atoms. The van der Waals surface area contributed by atoms with Crippen LogP contribution in [0.1, 0.15) is 37.0 Å². The van der Waals surface area contributed by atoms with Crippen LogP contribution >= 0.6 is 0 Å². The number of carbonyl (C=O) groups is 1. The Hall–Kier alpha value is -3.21. The lowest BCUT2D eigenvalue weighted by molar-refractivity contribution is -0.113. The second-order valence-corrected chi connectivity index (χ2v) is 6.99. The number of allylic oxidation sites excluding steroid dienone is 2. The van der Waals surface area contributed by atoms with Crippen molar-refractivity contribution in [2.45, 2.75) is 34.1 Å². The lowest BCUT2D eigenvalue weighted by Crippen LogP contribution is -2.25. The fourth-order valence-electron chi connectivity index (χ4n) is 3.29. The van der Waals surface area contributed by atoms with E-state index in [0.717, 1.165) is 33.5 Å². The van der Waals surface area contributed by atoms with Crippen LogP contribution in [0.25, 0.3) is 16.7 Å². The first kappa shape index (κ1) is 22.1. The van der Waals surface area contributed by atoms with Crippen molar-refractivity contribution in [1.82, 2.24) is 15.2 Å². The Kier molecular flexibility index (Phi) is 7.48. The Morgan fingerprint density at radius 3 is 2.55 bits per heavy atom. The molecule has 0 aliphatic heterocycles. The molecule has 152 valence electrons. The highest BCUT2D eigenvalue weighted by Gasteiger charge is 2.23. The molecule has 0 atom stereocenters. The molecule has 1 aromatic heterocycles. The number of aromatic nitrogens is 1. The number of nitrogens with zero attached hydrogens (tertiary/aromatic N) is 2. The van der Waals surface area contributed by atoms with Crippen LogP contribution in [0.3, 0.4) is 0 Å². The number of hydrogen-bond donors (Lipinski definition) is 2. The molecule has 0 aliphatic carbocycles. The van der Waals surface area contributed by atoms with E-state index in [-0.39, 0.29) is 5.78 Å². The molecule has 0 bridgehead atoms. The highest BCUT2D eigenvalue weighted by Crippen LogP contribution is 2.36. The summed E-state index contributed by atoms with van der Waals surface area (Å²) in [4.78, 5) is 19.2. The van der Waals surface area contributed by atoms with Gasteiger partial charge in [-0.05, 0) is 61.4 Å². The molecule has 5 heteroatoms. The van der Waals surface area contributed by atoms with E-state index in [0.29, 0.717) is 17.8 Å². The van der Waals surface area contributed by atoms with Gasteiger partial charge in [0.05, 0.1) is 0 Å². The second kappa shape index (κ2) is 9.82. The van der Waals surface area contributed by atoms with E-state index in [1.807, 2.05) is 65.2 Å². The summed E-state index contributed by atoms with van der Waals surface area (Å²) in [7, 11) is 3.60. The van der Waals surface area contributed by atoms with Gasteiger partial charge >= 0.3 is 0 Å². The van der Waals surface area contributed by atoms with Crippen molar-refractivity contribution in [1.29, 1.82) is 5.41 Å². The van der Waals surface area contributed by atoms with Crippen LogP contribution in [0.2, 0.25) is 0 Å². The molecule has 0 fully saturated rings. The molecular weight excluding hydrogens is 360 g/mol. The molecule has 0 saturated heterocycles. The topological polar surface area (TPSA) is 69.1 Å². The molecule has 0 aliphatic rings. The molecule has 1 heterocycles. The smallest absolute Gasteiger partial charge is 0.164 e. The fourth-order valence-corrected chi connectivity index (χ4v) is 3.29. The van der Waals surface area contributed by atoms with Crippen molar-refractivity contribution in [2.75, 3.05) is 14.1 Å². The summed E-state index contributed by atoms with van der Waals surface area (Å²) < 4.78 is 0. The number of Topliss-reactive ketones (excluding diaryl/α,β-unsaturated/α-hetero) is 1. The average Bonchev–Trinajstić information content (AvgIpc) is 2.72. The van der Waals surface area contributed by atoms with Crippen LogP contribution in [0.15, 0.2) is 54.6 Å². The van der Waals surface area contributed by atoms with Crippen LogP contribution in [0.5, 0.6) is 0 Å². The molecule has 1 aromatic carbocycles. The van der Waals surface area contributed by atoms with Gasteiger partial charge in [0.15, 0.2) is 5.78 Å². The van der Waals surface area contributed by atoms with Crippen LogP contribution < -0.4 is 5.32 Å². The minimum Gasteiger partial charge on any atom is -0.394 e. The van der Waals surface area contributed by atoms with E-state index in [9.17, 15) is 4.79 Å². The van der Waals surface area contributed by atoms with Gasteiger partial charge in [-0.1, -0.05) is 25.1 Å². The summed E-state index contributed by atoms with van der Waals surface area (Å²) in [6, 6.07) is 8.04. The van der Waals surface area contributed by atoms with Crippen molar-refractivity contribution >= 4 is 17.2 Å². The van der Waals surface area contributed by atoms with Gasteiger partial charge in [-0.15, -0.1) is 0 Å². The summed E-state index contributed by atoms with van der Waals surface area (Å²) in [6.07, 6.45) is 7.38. The van der Waals surface area contributed by atoms with Crippen molar-refractivity contribution in [2.24, 2.45) is 0 Å². The summed E-state index contributed by atoms with van der Waals surface area (Å²) in [5.41, 5.74) is 6.42. The Labute approximate surface area is 173 Å². The molecule has 2 rings (SSSR count). The van der Waals surface area contributed by atoms with Gasteiger partial charge in [-0.2, -0.15) is 0 Å². The van der Waals surface area contributed by atoms with Crippen LogP contribution in [-0.4, -0.2) is 35.6 Å². The maximum absolute atomic E-state index is 13.1. The number of ketones is 1. The molecule has 5 nitrogen and oxygen atoms in total. The van der Waals surface area contributed by atoms with E-state index in [4.69, 9.17) is 5.41 Å². The molecule has 0 saturated carbocycles. The fraction of sp³-hybridized carbons (Fsp3) is 0.292. The number of aryl methyl sites for hydroxylation is 2. The monoisotopic (exact) mass is 390 g/mol. The van der Waals surface area contributed by atoms with E-state index >= 15 is 0 Å². The first-order valence-electron chi connectivity index (χ1n) is 9.74. The lowest BCUT2D eigenvalue weighted by atomic mass is 9.86. The number of nitrogens with one attached hydrogen (secondary N) is 2. The number of hydrogen-bond acceptors (Lipinski definition) is 4. The zero-order valence-corrected chi connectivity index (χ0v) is 18.1. The summed E-state index contributed by atoms with van der Waals surface area (Å²) in [5, 5.41) is 11.2. The zero-order chi connectivity index (χ0) is 21.6. The van der Waals surface area contributed by atoms with E-state index in [2.05, 4.69) is 10.3 Å². The molecule has 2 N–H and O–H groups in total. The van der Waals surface area contributed by atoms with Gasteiger partial charge in [0.2, 0.25) is 0 Å². The highest BCUT2D eigenvalue weighted by atomic mass is 16.1. The summed E-state index contributed by atoms with van der Waals surface area (Å²) >= 11 is 0. The van der Waals surface area contributed by atoms with E-state index in [1.54, 1.807) is 30.4 Å². The van der Waals surface area contributed by atoms with Gasteiger partial charge < -0.3 is 10.2 Å². The minimum absolute atomic E-state index is 0.0526. The molecule has 2 aromatic rings. The van der Waals surface area contributed by atoms with E-state index in [1.165, 1.54) is 0 Å². The molecule has 0 spiro atoms. The number of likely N-dealkylation sites (N-methyl/N-ethyl adjacent to an activating group) is 1. The van der Waals surface area contributed by atoms with Crippen molar-refractivity contribution in [3.63, 3.8) is 0 Å². The largest absolute Gasteiger partial charge is 0.394 e. The van der Waals surface area contributed by atoms with Gasteiger partial charge in [0, 0.05) is 49.7 Å². The minimum atomic E-state index is 0.0526. The van der Waals surface area contributed by atoms with Crippen molar-refractivity contribution in [3.8, 4) is 11.1 Å². The molecule has 0 unspecified atom stereocenters. The normalized spacial score (nSPS) is 11.9. The number of carbonyl (C=O) groups excluding carboxylic acids is 1. The third-order valence-electron chi connectivity index (χ3n) is 5.09. The van der Waals surface area contributed by atoms with Gasteiger partial charge in [0.1, 0.15) is 5.84 Å². The number of pyridine rings is 1. The first-order chi connectivity index (χ1) is 13.8. The van der Waals surface area contributed by atoms with E-state index < -0.39 is 0 Å². The molecule has 0 amide bonds. The van der Waals surface area contributed by atoms with Gasteiger partial charge in [0.25, 0.3) is 0 Å². The Morgan fingerprint density at radius 2 is 1.93 bits per heavy atom. The van der Waals surface area contributed by atoms with Crippen LogP contribution in [-0.2, 0) is 4.79 Å². The highest BCUT2D eigenvalue weighted by molar-refractivity contribution is 6.23. The Morgan fingerprint density at radius 1 is 1.21 bits per heavy atom. The lowest BCUT2D eigenvalue weighted by Gasteiger charge is -2.24. The third-order valence-corrected chi connectivity index (χ3v) is 5.09. The predicted molar refractivity (Wildman–Crippen MR) is 121 cm³/mol. The zero-order valence-electron chi connectivity index (χ0n) is 18.1. The Balaban J connectivity index is 2.78. The predicted octanol–water partition coefficient (Wildman–Crippen LogP) is 4.72. The van der Waals surface area contributed by atoms with Gasteiger partial charge in [-0.25, -0.2) is 0 Å². The average molecular weight is 391 g/mol. The van der Waals surface area contributed by atoms with Crippen LogP contribution in [0, 0.1) is 19.3 Å². The molecular formula is C24H30N4O. The maximum atomic E-state index is 13.1. The standard InChI is InChI=1S/C24H30N4O/c1-7-21(29)24(18(4)28(6)22(25)12-13-26-5)23-17(3)9-8-10-19(23)20-15-27-14-11-16(20)2/h8-15,25-26H,7H2,1-6H3/b13-12-,24-18+,25-22?. The summed E-state index contributed by atoms with van der Waals surface area (Å²) in [6.45, 7) is 7.84. The summed E-state index contributed by atoms with van der Waals surface area (Å²) in [5.74, 6) is 0.350. The second-order valence-electron chi connectivity index (χ2n) is 6.99. The van der Waals surface area contributed by atoms with Crippen molar-refractivity contribution in [3.05, 3.63) is 71.3 Å². The quantitative estimate of drug-likeness (QED) is 0.408. The number of amidine groups is 1. The molecule has 0 radical (unpaired) electrons. The number of rotatable bonds is 7. The number of benzene rings is 1. The van der Waals surface area contributed by atoms with Crippen LogP contribution in [0.4, 0.5) is 0 Å². The first-order valence-corrected chi connectivity index (χ1v) is 9.74. The van der Waals surface area contributed by atoms with Crippen molar-refractivity contribution < 1.29 is 4.79 Å². The van der Waals surface area contributed by atoms with Gasteiger partial charge in [-0.3, -0.25) is 15.2 Å². The SMILES string of the molecule is CCC(=O)/C(=C(/C)N(C)C(=N)/C=C\NC)c1c(C)cccc1-c1cnccc1C. The third kappa shape index (κ3) is 4.80. The maximum Gasteiger partial charge on any atom is 0.164 e. The Bertz CT molecular complexity index is 973.